The van der Waals surface area contributed by atoms with Crippen LogP contribution in [0.5, 0.6) is 0 Å². The maximum absolute atomic E-state index is 12.3. The first-order chi connectivity index (χ1) is 5.54. The lowest BCUT2D eigenvalue weighted by Gasteiger charge is -1.95. The van der Waals surface area contributed by atoms with E-state index >= 15 is 0 Å². The Labute approximate surface area is 74.4 Å². The molecular weight excluding hydrogens is 205 g/mol. The van der Waals surface area contributed by atoms with Gasteiger partial charge in [0, 0.05) is 0 Å². The summed E-state index contributed by atoms with van der Waals surface area (Å²) in [4.78, 5) is 3.47. The highest BCUT2D eigenvalue weighted by Crippen LogP contribution is 2.10. The van der Waals surface area contributed by atoms with Crippen LogP contribution in [0.1, 0.15) is 5.69 Å². The molecule has 0 saturated heterocycles. The van der Waals surface area contributed by atoms with Crippen LogP contribution in [0, 0.1) is 0 Å². The SMILES string of the molecule is O=S(=O)(F)c1cccc(CCl)n1. The fraction of sp³-hybridized carbons (Fsp3) is 0.167. The molecule has 1 rings (SSSR count). The molecule has 1 heterocycles. The average Bonchev–Trinajstić information content (AvgIpc) is 2.03. The molecule has 0 aliphatic rings. The lowest BCUT2D eigenvalue weighted by molar-refractivity contribution is 0.547. The summed E-state index contributed by atoms with van der Waals surface area (Å²) < 4.78 is 33.0. The summed E-state index contributed by atoms with van der Waals surface area (Å²) >= 11 is 5.37. The molecule has 0 amide bonds. The van der Waals surface area contributed by atoms with Crippen LogP contribution in [-0.2, 0) is 16.1 Å². The maximum atomic E-state index is 12.3. The van der Waals surface area contributed by atoms with Gasteiger partial charge in [0.15, 0.2) is 5.03 Å². The Hall–Kier alpha value is -0.680. The standard InChI is InChI=1S/C6H5ClFNO2S/c7-4-5-2-1-3-6(9-5)12(8,10)11/h1-3H,4H2. The summed E-state index contributed by atoms with van der Waals surface area (Å²) in [5, 5.41) is -0.597. The zero-order valence-corrected chi connectivity index (χ0v) is 7.44. The van der Waals surface area contributed by atoms with Crippen molar-refractivity contribution < 1.29 is 12.3 Å². The van der Waals surface area contributed by atoms with Gasteiger partial charge >= 0.3 is 10.2 Å². The molecule has 0 aromatic carbocycles. The van der Waals surface area contributed by atoms with Crippen LogP contribution in [0.2, 0.25) is 0 Å². The molecule has 0 atom stereocenters. The number of pyridine rings is 1. The first-order valence-electron chi connectivity index (χ1n) is 3.00. The van der Waals surface area contributed by atoms with E-state index in [1.807, 2.05) is 0 Å². The van der Waals surface area contributed by atoms with Crippen LogP contribution >= 0.6 is 11.6 Å². The van der Waals surface area contributed by atoms with E-state index in [0.717, 1.165) is 6.07 Å². The zero-order chi connectivity index (χ0) is 9.19. The van der Waals surface area contributed by atoms with Crippen molar-refractivity contribution >= 4 is 21.8 Å². The number of nitrogens with zero attached hydrogens (tertiary/aromatic N) is 1. The molecule has 0 saturated carbocycles. The Morgan fingerprint density at radius 2 is 2.17 bits per heavy atom. The van der Waals surface area contributed by atoms with Crippen molar-refractivity contribution in [3.05, 3.63) is 23.9 Å². The summed E-state index contributed by atoms with van der Waals surface area (Å²) in [6.07, 6.45) is 0. The largest absolute Gasteiger partial charge is 0.349 e. The molecule has 0 fully saturated rings. The van der Waals surface area contributed by atoms with Gasteiger partial charge in [0.2, 0.25) is 0 Å². The van der Waals surface area contributed by atoms with Crippen LogP contribution in [0.25, 0.3) is 0 Å². The summed E-state index contributed by atoms with van der Waals surface area (Å²) in [6, 6.07) is 3.98. The van der Waals surface area contributed by atoms with Gasteiger partial charge in [0.1, 0.15) is 0 Å². The van der Waals surface area contributed by atoms with Gasteiger partial charge in [-0.25, -0.2) is 4.98 Å². The van der Waals surface area contributed by atoms with Crippen LogP contribution in [0.3, 0.4) is 0 Å². The molecule has 0 spiro atoms. The van der Waals surface area contributed by atoms with Crippen molar-refractivity contribution in [2.75, 3.05) is 0 Å². The van der Waals surface area contributed by atoms with E-state index in [4.69, 9.17) is 11.6 Å². The van der Waals surface area contributed by atoms with Gasteiger partial charge in [-0.1, -0.05) is 9.95 Å². The summed E-state index contributed by atoms with van der Waals surface area (Å²) in [5.41, 5.74) is 0.329. The van der Waals surface area contributed by atoms with Crippen molar-refractivity contribution in [1.29, 1.82) is 0 Å². The zero-order valence-electron chi connectivity index (χ0n) is 5.87. The second-order valence-electron chi connectivity index (χ2n) is 2.04. The van der Waals surface area contributed by atoms with Crippen LogP contribution in [-0.4, -0.2) is 13.4 Å². The Morgan fingerprint density at radius 3 is 2.67 bits per heavy atom. The minimum absolute atomic E-state index is 0.0589. The predicted molar refractivity (Wildman–Crippen MR) is 42.1 cm³/mol. The second-order valence-corrected chi connectivity index (χ2v) is 3.60. The van der Waals surface area contributed by atoms with E-state index in [-0.39, 0.29) is 5.88 Å². The lowest BCUT2D eigenvalue weighted by Crippen LogP contribution is -1.97. The van der Waals surface area contributed by atoms with E-state index in [1.165, 1.54) is 12.1 Å². The van der Waals surface area contributed by atoms with Gasteiger partial charge in [-0.15, -0.1) is 11.6 Å². The van der Waals surface area contributed by atoms with Crippen LogP contribution in [0.4, 0.5) is 3.89 Å². The van der Waals surface area contributed by atoms with Crippen molar-refractivity contribution in [3.8, 4) is 0 Å². The molecule has 3 nitrogen and oxygen atoms in total. The molecule has 1 aromatic rings. The van der Waals surface area contributed by atoms with Gasteiger partial charge in [0.25, 0.3) is 0 Å². The molecule has 0 N–H and O–H groups in total. The third-order valence-corrected chi connectivity index (χ3v) is 2.17. The number of alkyl halides is 1. The predicted octanol–water partition coefficient (Wildman–Crippen LogP) is 1.48. The third-order valence-electron chi connectivity index (χ3n) is 1.17. The van der Waals surface area contributed by atoms with Gasteiger partial charge in [-0.05, 0) is 12.1 Å². The minimum atomic E-state index is -4.71. The molecule has 12 heavy (non-hydrogen) atoms. The van der Waals surface area contributed by atoms with Gasteiger partial charge in [0.05, 0.1) is 11.6 Å². The Kier molecular flexibility index (Phi) is 2.64. The Morgan fingerprint density at radius 1 is 1.50 bits per heavy atom. The second kappa shape index (κ2) is 3.37. The average molecular weight is 210 g/mol. The molecular formula is C6H5ClFNO2S. The highest BCUT2D eigenvalue weighted by molar-refractivity contribution is 7.86. The fourth-order valence-electron chi connectivity index (χ4n) is 0.668. The van der Waals surface area contributed by atoms with Crippen molar-refractivity contribution in [3.63, 3.8) is 0 Å². The van der Waals surface area contributed by atoms with Crippen LogP contribution in [0.15, 0.2) is 23.2 Å². The third kappa shape index (κ3) is 2.15. The number of hydrogen-bond acceptors (Lipinski definition) is 3. The Bertz CT molecular complexity index is 379. The summed E-state index contributed by atoms with van der Waals surface area (Å²) in [7, 11) is -4.71. The van der Waals surface area contributed by atoms with Crippen LogP contribution < -0.4 is 0 Å². The number of rotatable bonds is 2. The number of halogens is 2. The van der Waals surface area contributed by atoms with Gasteiger partial charge in [-0.2, -0.15) is 8.42 Å². The highest BCUT2D eigenvalue weighted by Gasteiger charge is 2.13. The molecule has 6 heteroatoms. The first kappa shape index (κ1) is 9.41. The summed E-state index contributed by atoms with van der Waals surface area (Å²) in [6.45, 7) is 0. The van der Waals surface area contributed by atoms with E-state index in [2.05, 4.69) is 4.98 Å². The lowest BCUT2D eigenvalue weighted by atomic mass is 10.4. The van der Waals surface area contributed by atoms with E-state index in [9.17, 15) is 12.3 Å². The van der Waals surface area contributed by atoms with E-state index < -0.39 is 15.2 Å². The van der Waals surface area contributed by atoms with Crippen molar-refractivity contribution in [2.24, 2.45) is 0 Å². The van der Waals surface area contributed by atoms with Gasteiger partial charge < -0.3 is 0 Å². The number of aromatic nitrogens is 1. The molecule has 1 aromatic heterocycles. The normalized spacial score (nSPS) is 11.5. The smallest absolute Gasteiger partial charge is 0.238 e. The monoisotopic (exact) mass is 209 g/mol. The minimum Gasteiger partial charge on any atom is -0.238 e. The first-order valence-corrected chi connectivity index (χ1v) is 4.92. The Balaban J connectivity index is 3.20. The van der Waals surface area contributed by atoms with Crippen molar-refractivity contribution in [1.82, 2.24) is 4.98 Å². The molecule has 0 unspecified atom stereocenters. The number of hydrogen-bond donors (Lipinski definition) is 0. The molecule has 0 aliphatic heterocycles. The quantitative estimate of drug-likeness (QED) is 0.548. The molecule has 0 radical (unpaired) electrons. The van der Waals surface area contributed by atoms with E-state index in [0.29, 0.717) is 5.69 Å². The van der Waals surface area contributed by atoms with Gasteiger partial charge in [-0.3, -0.25) is 0 Å². The maximum Gasteiger partial charge on any atom is 0.349 e. The molecule has 0 bridgehead atoms. The fourth-order valence-corrected chi connectivity index (χ4v) is 1.28. The molecule has 66 valence electrons. The molecule has 0 aliphatic carbocycles. The topological polar surface area (TPSA) is 47.0 Å². The summed E-state index contributed by atoms with van der Waals surface area (Å²) in [5.74, 6) is 0.0589. The van der Waals surface area contributed by atoms with Crippen molar-refractivity contribution in [2.45, 2.75) is 10.9 Å². The highest BCUT2D eigenvalue weighted by atomic mass is 35.5. The van der Waals surface area contributed by atoms with E-state index in [1.54, 1.807) is 0 Å².